The van der Waals surface area contributed by atoms with Gasteiger partial charge in [0.1, 0.15) is 6.29 Å². The van der Waals surface area contributed by atoms with Crippen molar-refractivity contribution in [2.45, 2.75) is 31.8 Å². The molecule has 1 aliphatic rings. The number of aldehydes is 1. The van der Waals surface area contributed by atoms with Gasteiger partial charge in [-0.15, -0.1) is 0 Å². The number of rotatable bonds is 3. The number of phenolic OH excluding ortho intramolecular Hbond substituents is 1. The van der Waals surface area contributed by atoms with Crippen molar-refractivity contribution in [1.82, 2.24) is 0 Å². The highest BCUT2D eigenvalue weighted by atomic mass is 16.5. The van der Waals surface area contributed by atoms with Gasteiger partial charge in [0, 0.05) is 5.56 Å². The third-order valence-electron chi connectivity index (χ3n) is 2.71. The van der Waals surface area contributed by atoms with Gasteiger partial charge in [-0.1, -0.05) is 0 Å². The van der Waals surface area contributed by atoms with Crippen molar-refractivity contribution in [3.63, 3.8) is 0 Å². The summed E-state index contributed by atoms with van der Waals surface area (Å²) in [6.45, 7) is 0. The first-order chi connectivity index (χ1) is 7.29. The molecule has 3 heteroatoms. The predicted octanol–water partition coefficient (Wildman–Crippen LogP) is 2.53. The molecule has 80 valence electrons. The van der Waals surface area contributed by atoms with Crippen LogP contribution in [0.25, 0.3) is 0 Å². The Kier molecular flexibility index (Phi) is 2.90. The molecule has 0 unspecified atom stereocenters. The first-order valence-corrected chi connectivity index (χ1v) is 5.24. The highest BCUT2D eigenvalue weighted by molar-refractivity contribution is 5.76. The predicted molar refractivity (Wildman–Crippen MR) is 56.4 cm³/mol. The lowest BCUT2D eigenvalue weighted by atomic mass is 10.2. The lowest BCUT2D eigenvalue weighted by molar-refractivity contribution is 0.112. The van der Waals surface area contributed by atoms with Crippen LogP contribution in [-0.4, -0.2) is 17.5 Å². The lowest BCUT2D eigenvalue weighted by Gasteiger charge is -2.14. The maximum Gasteiger partial charge on any atom is 0.161 e. The van der Waals surface area contributed by atoms with E-state index in [0.29, 0.717) is 17.6 Å². The molecule has 3 nitrogen and oxygen atoms in total. The lowest BCUT2D eigenvalue weighted by Crippen LogP contribution is -2.10. The minimum Gasteiger partial charge on any atom is -0.504 e. The van der Waals surface area contributed by atoms with Crippen molar-refractivity contribution in [1.29, 1.82) is 0 Å². The minimum absolute atomic E-state index is 0.0477. The average Bonchev–Trinajstić information content (AvgIpc) is 2.74. The molecule has 0 heterocycles. The number of carbonyl (C=O) groups is 1. The fourth-order valence-corrected chi connectivity index (χ4v) is 1.89. The Balaban J connectivity index is 2.10. The summed E-state index contributed by atoms with van der Waals surface area (Å²) in [6.07, 6.45) is 5.41. The largest absolute Gasteiger partial charge is 0.504 e. The number of phenols is 1. The Bertz CT molecular complexity index is 354. The first-order valence-electron chi connectivity index (χ1n) is 5.24. The van der Waals surface area contributed by atoms with Crippen LogP contribution in [-0.2, 0) is 0 Å². The summed E-state index contributed by atoms with van der Waals surface area (Å²) in [5.41, 5.74) is 0.464. The van der Waals surface area contributed by atoms with Gasteiger partial charge in [-0.25, -0.2) is 0 Å². The topological polar surface area (TPSA) is 46.5 Å². The molecule has 0 atom stereocenters. The summed E-state index contributed by atoms with van der Waals surface area (Å²) >= 11 is 0. The molecule has 0 radical (unpaired) electrons. The van der Waals surface area contributed by atoms with E-state index < -0.39 is 0 Å². The van der Waals surface area contributed by atoms with Crippen LogP contribution in [0.1, 0.15) is 36.0 Å². The summed E-state index contributed by atoms with van der Waals surface area (Å²) in [5, 5.41) is 9.60. The summed E-state index contributed by atoms with van der Waals surface area (Å²) in [4.78, 5) is 10.5. The van der Waals surface area contributed by atoms with Gasteiger partial charge in [-0.3, -0.25) is 4.79 Å². The zero-order valence-electron chi connectivity index (χ0n) is 8.48. The van der Waals surface area contributed by atoms with Crippen molar-refractivity contribution in [2.75, 3.05) is 0 Å². The Labute approximate surface area is 88.7 Å². The van der Waals surface area contributed by atoms with Crippen LogP contribution in [0.4, 0.5) is 0 Å². The minimum atomic E-state index is 0.0477. The number of hydrogen-bond donors (Lipinski definition) is 1. The van der Waals surface area contributed by atoms with Crippen LogP contribution in [0.2, 0.25) is 0 Å². The van der Waals surface area contributed by atoms with E-state index in [1.54, 1.807) is 12.1 Å². The van der Waals surface area contributed by atoms with E-state index in [-0.39, 0.29) is 11.9 Å². The molecular weight excluding hydrogens is 192 g/mol. The van der Waals surface area contributed by atoms with Gasteiger partial charge in [0.2, 0.25) is 0 Å². The van der Waals surface area contributed by atoms with Crippen molar-refractivity contribution < 1.29 is 14.6 Å². The molecule has 0 saturated heterocycles. The quantitative estimate of drug-likeness (QED) is 0.773. The standard InChI is InChI=1S/C12H14O3/c13-8-9-5-6-12(11(14)7-9)15-10-3-1-2-4-10/h5-8,10,14H,1-4H2. The van der Waals surface area contributed by atoms with Crippen LogP contribution in [0.3, 0.4) is 0 Å². The molecule has 0 bridgehead atoms. The molecule has 0 amide bonds. The maximum absolute atomic E-state index is 10.5. The second kappa shape index (κ2) is 4.34. The molecule has 0 spiro atoms. The van der Waals surface area contributed by atoms with Gasteiger partial charge in [0.25, 0.3) is 0 Å². The zero-order valence-corrected chi connectivity index (χ0v) is 8.48. The average molecular weight is 206 g/mol. The van der Waals surface area contributed by atoms with E-state index in [2.05, 4.69) is 0 Å². The van der Waals surface area contributed by atoms with E-state index in [1.807, 2.05) is 0 Å². The molecule has 1 aromatic carbocycles. The monoisotopic (exact) mass is 206 g/mol. The molecule has 15 heavy (non-hydrogen) atoms. The third-order valence-corrected chi connectivity index (χ3v) is 2.71. The van der Waals surface area contributed by atoms with Crippen LogP contribution in [0, 0.1) is 0 Å². The molecule has 2 rings (SSSR count). The number of benzene rings is 1. The summed E-state index contributed by atoms with van der Waals surface area (Å²) in [6, 6.07) is 4.73. The number of hydrogen-bond acceptors (Lipinski definition) is 3. The first kappa shape index (κ1) is 10.0. The Morgan fingerprint density at radius 2 is 2.07 bits per heavy atom. The molecule has 0 aliphatic heterocycles. The normalized spacial score (nSPS) is 16.5. The number of ether oxygens (including phenoxy) is 1. The Morgan fingerprint density at radius 1 is 1.33 bits per heavy atom. The van der Waals surface area contributed by atoms with E-state index in [1.165, 1.54) is 18.9 Å². The number of aromatic hydroxyl groups is 1. The fraction of sp³-hybridized carbons (Fsp3) is 0.417. The van der Waals surface area contributed by atoms with Gasteiger partial charge >= 0.3 is 0 Å². The van der Waals surface area contributed by atoms with Crippen molar-refractivity contribution in [3.8, 4) is 11.5 Å². The molecule has 1 N–H and O–H groups in total. The smallest absolute Gasteiger partial charge is 0.161 e. The Hall–Kier alpha value is -1.51. The Morgan fingerprint density at radius 3 is 2.67 bits per heavy atom. The molecule has 0 aromatic heterocycles. The van der Waals surface area contributed by atoms with Crippen molar-refractivity contribution in [3.05, 3.63) is 23.8 Å². The second-order valence-electron chi connectivity index (χ2n) is 3.87. The molecule has 1 saturated carbocycles. The van der Waals surface area contributed by atoms with E-state index in [4.69, 9.17) is 4.74 Å². The highest BCUT2D eigenvalue weighted by Gasteiger charge is 2.17. The van der Waals surface area contributed by atoms with Crippen LogP contribution in [0.5, 0.6) is 11.5 Å². The summed E-state index contributed by atoms with van der Waals surface area (Å²) < 4.78 is 5.64. The van der Waals surface area contributed by atoms with Gasteiger partial charge in [0.05, 0.1) is 6.10 Å². The van der Waals surface area contributed by atoms with Crippen LogP contribution in [0.15, 0.2) is 18.2 Å². The van der Waals surface area contributed by atoms with E-state index >= 15 is 0 Å². The molecule has 1 aliphatic carbocycles. The zero-order chi connectivity index (χ0) is 10.7. The summed E-state index contributed by atoms with van der Waals surface area (Å²) in [7, 11) is 0. The molecule has 1 aromatic rings. The molecule has 1 fully saturated rings. The SMILES string of the molecule is O=Cc1ccc(OC2CCCC2)c(O)c1. The summed E-state index contributed by atoms with van der Waals surface area (Å²) in [5.74, 6) is 0.527. The maximum atomic E-state index is 10.5. The van der Waals surface area contributed by atoms with Crippen LogP contribution < -0.4 is 4.74 Å². The fourth-order valence-electron chi connectivity index (χ4n) is 1.89. The van der Waals surface area contributed by atoms with Gasteiger partial charge in [0.15, 0.2) is 11.5 Å². The van der Waals surface area contributed by atoms with Crippen LogP contribution >= 0.6 is 0 Å². The van der Waals surface area contributed by atoms with E-state index in [0.717, 1.165) is 12.8 Å². The number of carbonyl (C=O) groups excluding carboxylic acids is 1. The van der Waals surface area contributed by atoms with Gasteiger partial charge < -0.3 is 9.84 Å². The van der Waals surface area contributed by atoms with Gasteiger partial charge in [-0.2, -0.15) is 0 Å². The van der Waals surface area contributed by atoms with Crippen molar-refractivity contribution in [2.24, 2.45) is 0 Å². The second-order valence-corrected chi connectivity index (χ2v) is 3.87. The third kappa shape index (κ3) is 2.29. The van der Waals surface area contributed by atoms with E-state index in [9.17, 15) is 9.90 Å². The van der Waals surface area contributed by atoms with Crippen molar-refractivity contribution >= 4 is 6.29 Å². The highest BCUT2D eigenvalue weighted by Crippen LogP contribution is 2.31. The van der Waals surface area contributed by atoms with Gasteiger partial charge in [-0.05, 0) is 43.9 Å². The molecular formula is C12H14O3.